The number of fused-ring (bicyclic) bond motifs is 1. The fraction of sp³-hybridized carbons (Fsp3) is 0.0741. The molecule has 0 unspecified atom stereocenters. The van der Waals surface area contributed by atoms with Crippen LogP contribution in [-0.4, -0.2) is 15.9 Å². The molecule has 0 aliphatic heterocycles. The van der Waals surface area contributed by atoms with E-state index in [2.05, 4.69) is 29.4 Å². The van der Waals surface area contributed by atoms with Crippen LogP contribution in [0.2, 0.25) is 0 Å². The van der Waals surface area contributed by atoms with E-state index in [0.717, 1.165) is 34.1 Å². The first kappa shape index (κ1) is 21.0. The van der Waals surface area contributed by atoms with Gasteiger partial charge in [0.05, 0.1) is 22.5 Å². The fourth-order valence-corrected chi connectivity index (χ4v) is 4.39. The minimum absolute atomic E-state index is 0.250. The highest BCUT2D eigenvalue weighted by Crippen LogP contribution is 2.28. The van der Waals surface area contributed by atoms with E-state index < -0.39 is 0 Å². The number of aryl methyl sites for hydroxylation is 1. The number of nitrogens with zero attached hydrogens (tertiary/aromatic N) is 2. The third-order valence-electron chi connectivity index (χ3n) is 5.48. The summed E-state index contributed by atoms with van der Waals surface area (Å²) in [5, 5.41) is 6.01. The lowest BCUT2D eigenvalue weighted by molar-refractivity contribution is 0.102. The molecule has 2 heterocycles. The van der Waals surface area contributed by atoms with Gasteiger partial charge in [-0.05, 0) is 48.4 Å². The standard InChI is InChI=1S/C27H20FN3OS/c1-2-17-7-9-18(10-8-17)24-15-22(21-5-3-4-6-23(21)29-24)26(32)31-27-30-25(16-33-27)19-11-13-20(28)14-12-19/h3-16H,2H2,1H3,(H,30,31,32). The average molecular weight is 454 g/mol. The Morgan fingerprint density at radius 3 is 2.36 bits per heavy atom. The molecule has 0 atom stereocenters. The molecule has 3 aromatic carbocycles. The lowest BCUT2D eigenvalue weighted by Gasteiger charge is -2.10. The number of pyridine rings is 1. The van der Waals surface area contributed by atoms with Crippen LogP contribution >= 0.6 is 11.3 Å². The molecule has 0 fully saturated rings. The Morgan fingerprint density at radius 2 is 1.61 bits per heavy atom. The van der Waals surface area contributed by atoms with Gasteiger partial charge >= 0.3 is 0 Å². The molecule has 1 N–H and O–H groups in total. The predicted octanol–water partition coefficient (Wildman–Crippen LogP) is 6.98. The summed E-state index contributed by atoms with van der Waals surface area (Å²) >= 11 is 1.33. The van der Waals surface area contributed by atoms with Crippen molar-refractivity contribution in [3.8, 4) is 22.5 Å². The van der Waals surface area contributed by atoms with Crippen LogP contribution in [0.4, 0.5) is 9.52 Å². The molecule has 162 valence electrons. The molecule has 33 heavy (non-hydrogen) atoms. The molecular formula is C27H20FN3OS. The normalized spacial score (nSPS) is 11.0. The van der Waals surface area contributed by atoms with E-state index >= 15 is 0 Å². The number of anilines is 1. The van der Waals surface area contributed by atoms with Gasteiger partial charge in [-0.2, -0.15) is 0 Å². The fourth-order valence-electron chi connectivity index (χ4n) is 3.67. The first-order chi connectivity index (χ1) is 16.1. The number of para-hydroxylation sites is 1. The highest BCUT2D eigenvalue weighted by atomic mass is 32.1. The van der Waals surface area contributed by atoms with Gasteiger partial charge in [-0.15, -0.1) is 11.3 Å². The molecule has 0 aliphatic carbocycles. The van der Waals surface area contributed by atoms with E-state index in [9.17, 15) is 9.18 Å². The van der Waals surface area contributed by atoms with Crippen molar-refractivity contribution in [2.45, 2.75) is 13.3 Å². The van der Waals surface area contributed by atoms with Gasteiger partial charge in [-0.25, -0.2) is 14.4 Å². The summed E-state index contributed by atoms with van der Waals surface area (Å²) in [6, 6.07) is 23.8. The van der Waals surface area contributed by atoms with Crippen LogP contribution in [0.5, 0.6) is 0 Å². The number of benzene rings is 3. The minimum Gasteiger partial charge on any atom is -0.298 e. The van der Waals surface area contributed by atoms with E-state index in [0.29, 0.717) is 16.4 Å². The number of halogens is 1. The maximum Gasteiger partial charge on any atom is 0.258 e. The molecule has 0 radical (unpaired) electrons. The van der Waals surface area contributed by atoms with Gasteiger partial charge in [0.1, 0.15) is 5.82 Å². The first-order valence-electron chi connectivity index (χ1n) is 10.6. The van der Waals surface area contributed by atoms with Gasteiger partial charge in [0, 0.05) is 21.9 Å². The summed E-state index contributed by atoms with van der Waals surface area (Å²) in [6.45, 7) is 2.12. The van der Waals surface area contributed by atoms with E-state index in [-0.39, 0.29) is 11.7 Å². The molecule has 0 bridgehead atoms. The number of aromatic nitrogens is 2. The Labute approximate surface area is 194 Å². The van der Waals surface area contributed by atoms with Crippen LogP contribution in [0, 0.1) is 5.82 Å². The predicted molar refractivity (Wildman–Crippen MR) is 132 cm³/mol. The second-order valence-electron chi connectivity index (χ2n) is 7.62. The molecule has 0 aliphatic rings. The molecular weight excluding hydrogens is 433 g/mol. The Balaban J connectivity index is 1.48. The van der Waals surface area contributed by atoms with Crippen LogP contribution in [0.15, 0.2) is 84.2 Å². The van der Waals surface area contributed by atoms with Crippen LogP contribution in [0.1, 0.15) is 22.8 Å². The zero-order chi connectivity index (χ0) is 22.8. The number of carbonyl (C=O) groups excluding carboxylic acids is 1. The summed E-state index contributed by atoms with van der Waals surface area (Å²) in [5.41, 5.74) is 5.72. The van der Waals surface area contributed by atoms with Gasteiger partial charge in [0.15, 0.2) is 5.13 Å². The van der Waals surface area contributed by atoms with Crippen LogP contribution < -0.4 is 5.32 Å². The van der Waals surface area contributed by atoms with Gasteiger partial charge < -0.3 is 0 Å². The van der Waals surface area contributed by atoms with E-state index in [4.69, 9.17) is 4.98 Å². The third-order valence-corrected chi connectivity index (χ3v) is 6.24. The second-order valence-corrected chi connectivity index (χ2v) is 8.48. The summed E-state index contributed by atoms with van der Waals surface area (Å²) in [4.78, 5) is 22.6. The van der Waals surface area contributed by atoms with Crippen molar-refractivity contribution in [3.63, 3.8) is 0 Å². The van der Waals surface area contributed by atoms with E-state index in [1.165, 1.54) is 29.0 Å². The molecule has 5 rings (SSSR count). The molecule has 4 nitrogen and oxygen atoms in total. The van der Waals surface area contributed by atoms with Crippen molar-refractivity contribution < 1.29 is 9.18 Å². The monoisotopic (exact) mass is 453 g/mol. The number of carbonyl (C=O) groups is 1. The van der Waals surface area contributed by atoms with Crippen LogP contribution in [0.25, 0.3) is 33.4 Å². The lowest BCUT2D eigenvalue weighted by atomic mass is 10.0. The minimum atomic E-state index is -0.299. The van der Waals surface area contributed by atoms with Crippen molar-refractivity contribution >= 4 is 33.3 Å². The maximum absolute atomic E-state index is 13.3. The van der Waals surface area contributed by atoms with E-state index in [1.807, 2.05) is 47.8 Å². The second kappa shape index (κ2) is 8.92. The molecule has 1 amide bonds. The largest absolute Gasteiger partial charge is 0.298 e. The highest BCUT2D eigenvalue weighted by molar-refractivity contribution is 7.14. The van der Waals surface area contributed by atoms with Gasteiger partial charge in [0.25, 0.3) is 5.91 Å². The van der Waals surface area contributed by atoms with Crippen molar-refractivity contribution in [3.05, 3.63) is 101 Å². The Hall–Kier alpha value is -3.90. The zero-order valence-electron chi connectivity index (χ0n) is 17.9. The summed E-state index contributed by atoms with van der Waals surface area (Å²) in [7, 11) is 0. The van der Waals surface area contributed by atoms with Gasteiger partial charge in [0.2, 0.25) is 0 Å². The first-order valence-corrected chi connectivity index (χ1v) is 11.5. The number of hydrogen-bond donors (Lipinski definition) is 1. The molecule has 6 heteroatoms. The van der Waals surface area contributed by atoms with Gasteiger partial charge in [-0.3, -0.25) is 10.1 Å². The van der Waals surface area contributed by atoms with Crippen molar-refractivity contribution in [1.29, 1.82) is 0 Å². The van der Waals surface area contributed by atoms with Gasteiger partial charge in [-0.1, -0.05) is 49.4 Å². The average Bonchev–Trinajstić information content (AvgIpc) is 3.32. The third kappa shape index (κ3) is 4.38. The molecule has 2 aromatic heterocycles. The Bertz CT molecular complexity index is 1440. The van der Waals surface area contributed by atoms with E-state index in [1.54, 1.807) is 12.1 Å². The summed E-state index contributed by atoms with van der Waals surface area (Å²) < 4.78 is 13.2. The Kier molecular flexibility index (Phi) is 5.67. The Morgan fingerprint density at radius 1 is 0.909 bits per heavy atom. The van der Waals surface area contributed by atoms with Crippen LogP contribution in [-0.2, 0) is 6.42 Å². The number of thiazole rings is 1. The maximum atomic E-state index is 13.3. The number of rotatable bonds is 5. The lowest BCUT2D eigenvalue weighted by Crippen LogP contribution is -2.13. The number of amides is 1. The van der Waals surface area contributed by atoms with Crippen molar-refractivity contribution in [2.24, 2.45) is 0 Å². The molecule has 0 spiro atoms. The summed E-state index contributed by atoms with van der Waals surface area (Å²) in [5.74, 6) is -0.549. The highest BCUT2D eigenvalue weighted by Gasteiger charge is 2.16. The smallest absolute Gasteiger partial charge is 0.258 e. The van der Waals surface area contributed by atoms with Crippen molar-refractivity contribution in [2.75, 3.05) is 5.32 Å². The zero-order valence-corrected chi connectivity index (χ0v) is 18.7. The molecule has 5 aromatic rings. The molecule has 0 saturated carbocycles. The topological polar surface area (TPSA) is 54.9 Å². The quantitative estimate of drug-likeness (QED) is 0.312. The summed E-state index contributed by atoms with van der Waals surface area (Å²) in [6.07, 6.45) is 0.965. The van der Waals surface area contributed by atoms with Crippen molar-refractivity contribution in [1.82, 2.24) is 9.97 Å². The SMILES string of the molecule is CCc1ccc(-c2cc(C(=O)Nc3nc(-c4ccc(F)cc4)cs3)c3ccccc3n2)cc1. The molecule has 0 saturated heterocycles. The number of hydrogen-bond acceptors (Lipinski definition) is 4. The van der Waals surface area contributed by atoms with Crippen LogP contribution in [0.3, 0.4) is 0 Å². The number of nitrogens with one attached hydrogen (secondary N) is 1.